The molecular formula is C16H16ClNO3. The zero-order chi connectivity index (χ0) is 15.2. The third-order valence-electron chi connectivity index (χ3n) is 3.05. The molecule has 1 N–H and O–H groups in total. The summed E-state index contributed by atoms with van der Waals surface area (Å²) < 4.78 is 10.4. The summed E-state index contributed by atoms with van der Waals surface area (Å²) >= 11 is 6.07. The van der Waals surface area contributed by atoms with E-state index in [4.69, 9.17) is 21.1 Å². The van der Waals surface area contributed by atoms with E-state index in [1.54, 1.807) is 24.3 Å². The van der Waals surface area contributed by atoms with Crippen LogP contribution in [0.1, 0.15) is 15.9 Å². The molecule has 0 fully saturated rings. The molecule has 0 saturated heterocycles. The van der Waals surface area contributed by atoms with Crippen LogP contribution in [0.4, 0.5) is 0 Å². The lowest BCUT2D eigenvalue weighted by atomic mass is 10.1. The fourth-order valence-electron chi connectivity index (χ4n) is 1.98. The van der Waals surface area contributed by atoms with Crippen LogP contribution in [0, 0.1) is 0 Å². The van der Waals surface area contributed by atoms with Crippen LogP contribution >= 0.6 is 11.6 Å². The summed E-state index contributed by atoms with van der Waals surface area (Å²) in [7, 11) is 3.03. The number of nitrogens with one attached hydrogen (secondary N) is 1. The molecule has 0 saturated carbocycles. The van der Waals surface area contributed by atoms with Crippen LogP contribution < -0.4 is 14.8 Å². The first-order valence-corrected chi connectivity index (χ1v) is 6.77. The maximum atomic E-state index is 12.4. The summed E-state index contributed by atoms with van der Waals surface area (Å²) in [5, 5.41) is 3.44. The average molecular weight is 306 g/mol. The highest BCUT2D eigenvalue weighted by Crippen LogP contribution is 2.28. The molecule has 4 nitrogen and oxygen atoms in total. The Morgan fingerprint density at radius 2 is 1.67 bits per heavy atom. The number of hydrogen-bond donors (Lipinski definition) is 1. The molecule has 2 aromatic rings. The summed E-state index contributed by atoms with van der Waals surface area (Å²) in [4.78, 5) is 12.4. The first kappa shape index (κ1) is 15.2. The number of methoxy groups -OCH3 is 2. The predicted octanol–water partition coefficient (Wildman–Crippen LogP) is 3.29. The molecule has 0 bridgehead atoms. The maximum absolute atomic E-state index is 12.4. The second-order valence-corrected chi connectivity index (χ2v) is 4.72. The van der Waals surface area contributed by atoms with Gasteiger partial charge < -0.3 is 14.8 Å². The van der Waals surface area contributed by atoms with Crippen LogP contribution in [-0.4, -0.2) is 20.1 Å². The molecule has 2 rings (SSSR count). The molecule has 2 aromatic carbocycles. The summed E-state index contributed by atoms with van der Waals surface area (Å²) in [5.41, 5.74) is 1.22. The van der Waals surface area contributed by atoms with Gasteiger partial charge in [-0.15, -0.1) is 0 Å². The topological polar surface area (TPSA) is 47.6 Å². The van der Waals surface area contributed by atoms with Gasteiger partial charge >= 0.3 is 0 Å². The van der Waals surface area contributed by atoms with E-state index in [1.807, 2.05) is 18.2 Å². The van der Waals surface area contributed by atoms with Gasteiger partial charge in [0.15, 0.2) is 0 Å². The number of amides is 1. The van der Waals surface area contributed by atoms with Crippen LogP contribution in [0.3, 0.4) is 0 Å². The molecule has 0 atom stereocenters. The second kappa shape index (κ2) is 6.99. The Morgan fingerprint density at radius 1 is 1.05 bits per heavy atom. The number of carbonyl (C=O) groups excluding carboxylic acids is 1. The number of rotatable bonds is 5. The van der Waals surface area contributed by atoms with Gasteiger partial charge in [-0.05, 0) is 23.8 Å². The highest BCUT2D eigenvalue weighted by atomic mass is 35.5. The normalized spacial score (nSPS) is 10.0. The van der Waals surface area contributed by atoms with Gasteiger partial charge in [0.2, 0.25) is 0 Å². The standard InChI is InChI=1S/C16H16ClNO3/c1-20-13-8-5-9-14(21-2)15(13)16(19)18-10-11-6-3-4-7-12(11)17/h3-9H,10H2,1-2H3,(H,18,19). The maximum Gasteiger partial charge on any atom is 0.259 e. The van der Waals surface area contributed by atoms with Crippen LogP contribution in [0.5, 0.6) is 11.5 Å². The van der Waals surface area contributed by atoms with Gasteiger partial charge in [0.25, 0.3) is 5.91 Å². The summed E-state index contributed by atoms with van der Waals surface area (Å²) in [6, 6.07) is 12.6. The smallest absolute Gasteiger partial charge is 0.259 e. The monoisotopic (exact) mass is 305 g/mol. The van der Waals surface area contributed by atoms with Crippen molar-refractivity contribution in [1.82, 2.24) is 5.32 Å². The fraction of sp³-hybridized carbons (Fsp3) is 0.188. The predicted molar refractivity (Wildman–Crippen MR) is 82.2 cm³/mol. The molecule has 0 heterocycles. The van der Waals surface area contributed by atoms with E-state index in [2.05, 4.69) is 5.32 Å². The minimum atomic E-state index is -0.274. The van der Waals surface area contributed by atoms with Crippen molar-refractivity contribution in [1.29, 1.82) is 0 Å². The molecule has 0 aliphatic rings. The minimum Gasteiger partial charge on any atom is -0.496 e. The molecule has 0 aliphatic heterocycles. The number of hydrogen-bond acceptors (Lipinski definition) is 3. The molecule has 1 amide bonds. The number of benzene rings is 2. The molecule has 0 aliphatic carbocycles. The SMILES string of the molecule is COc1cccc(OC)c1C(=O)NCc1ccccc1Cl. The Bertz CT molecular complexity index is 621. The Morgan fingerprint density at radius 3 is 2.24 bits per heavy atom. The van der Waals surface area contributed by atoms with Crippen LogP contribution in [0.2, 0.25) is 5.02 Å². The largest absolute Gasteiger partial charge is 0.496 e. The Labute approximate surface area is 128 Å². The quantitative estimate of drug-likeness (QED) is 0.922. The summed E-state index contributed by atoms with van der Waals surface area (Å²) in [6.07, 6.45) is 0. The van der Waals surface area contributed by atoms with Crippen molar-refractivity contribution < 1.29 is 14.3 Å². The van der Waals surface area contributed by atoms with Gasteiger partial charge in [-0.1, -0.05) is 35.9 Å². The van der Waals surface area contributed by atoms with E-state index in [1.165, 1.54) is 14.2 Å². The van der Waals surface area contributed by atoms with E-state index in [0.717, 1.165) is 5.56 Å². The fourth-order valence-corrected chi connectivity index (χ4v) is 2.18. The van der Waals surface area contributed by atoms with Crippen molar-refractivity contribution in [2.45, 2.75) is 6.54 Å². The lowest BCUT2D eigenvalue weighted by molar-refractivity contribution is 0.0944. The highest BCUT2D eigenvalue weighted by molar-refractivity contribution is 6.31. The lowest BCUT2D eigenvalue weighted by Gasteiger charge is -2.13. The molecule has 0 spiro atoms. The van der Waals surface area contributed by atoms with Gasteiger partial charge in [-0.25, -0.2) is 0 Å². The van der Waals surface area contributed by atoms with Crippen molar-refractivity contribution >= 4 is 17.5 Å². The van der Waals surface area contributed by atoms with Gasteiger partial charge in [-0.3, -0.25) is 4.79 Å². The van der Waals surface area contributed by atoms with Gasteiger partial charge in [0.05, 0.1) is 14.2 Å². The summed E-state index contributed by atoms with van der Waals surface area (Å²) in [6.45, 7) is 0.333. The van der Waals surface area contributed by atoms with E-state index in [9.17, 15) is 4.79 Å². The van der Waals surface area contributed by atoms with Crippen molar-refractivity contribution in [2.24, 2.45) is 0 Å². The van der Waals surface area contributed by atoms with Crippen molar-refractivity contribution in [2.75, 3.05) is 14.2 Å². The van der Waals surface area contributed by atoms with Crippen molar-refractivity contribution in [3.05, 3.63) is 58.6 Å². The van der Waals surface area contributed by atoms with Crippen LogP contribution in [0.25, 0.3) is 0 Å². The Kier molecular flexibility index (Phi) is 5.06. The average Bonchev–Trinajstić information content (AvgIpc) is 2.52. The number of carbonyl (C=O) groups is 1. The summed E-state index contributed by atoms with van der Waals surface area (Å²) in [5.74, 6) is 0.654. The van der Waals surface area contributed by atoms with Crippen LogP contribution in [0.15, 0.2) is 42.5 Å². The van der Waals surface area contributed by atoms with Crippen LogP contribution in [-0.2, 0) is 6.54 Å². The molecule has 5 heteroatoms. The van der Waals surface area contributed by atoms with E-state index in [0.29, 0.717) is 28.6 Å². The molecule has 0 aromatic heterocycles. The molecular weight excluding hydrogens is 290 g/mol. The minimum absolute atomic E-state index is 0.274. The van der Waals surface area contributed by atoms with E-state index >= 15 is 0 Å². The number of halogens is 1. The second-order valence-electron chi connectivity index (χ2n) is 4.31. The molecule has 0 radical (unpaired) electrons. The Balaban J connectivity index is 2.19. The van der Waals surface area contributed by atoms with Gasteiger partial charge in [-0.2, -0.15) is 0 Å². The highest BCUT2D eigenvalue weighted by Gasteiger charge is 2.17. The van der Waals surface area contributed by atoms with Crippen molar-refractivity contribution in [3.63, 3.8) is 0 Å². The third-order valence-corrected chi connectivity index (χ3v) is 3.42. The first-order valence-electron chi connectivity index (χ1n) is 6.40. The van der Waals surface area contributed by atoms with Crippen molar-refractivity contribution in [3.8, 4) is 11.5 Å². The lowest BCUT2D eigenvalue weighted by Crippen LogP contribution is -2.24. The Hall–Kier alpha value is -2.20. The third kappa shape index (κ3) is 3.47. The van der Waals surface area contributed by atoms with E-state index < -0.39 is 0 Å². The molecule has 110 valence electrons. The van der Waals surface area contributed by atoms with E-state index in [-0.39, 0.29) is 5.91 Å². The first-order chi connectivity index (χ1) is 10.2. The van der Waals surface area contributed by atoms with Gasteiger partial charge in [0.1, 0.15) is 17.1 Å². The number of ether oxygens (including phenoxy) is 2. The molecule has 0 unspecified atom stereocenters. The zero-order valence-corrected chi connectivity index (χ0v) is 12.6. The molecule has 21 heavy (non-hydrogen) atoms. The zero-order valence-electron chi connectivity index (χ0n) is 11.9. The van der Waals surface area contributed by atoms with Gasteiger partial charge in [0, 0.05) is 11.6 Å².